The van der Waals surface area contributed by atoms with Gasteiger partial charge in [0.15, 0.2) is 0 Å². The first kappa shape index (κ1) is 13.3. The predicted molar refractivity (Wildman–Crippen MR) is 71.3 cm³/mol. The van der Waals surface area contributed by atoms with Crippen molar-refractivity contribution >= 4 is 0 Å². The van der Waals surface area contributed by atoms with Crippen LogP contribution in [0.15, 0.2) is 0 Å². The van der Waals surface area contributed by atoms with Gasteiger partial charge in [-0.3, -0.25) is 4.90 Å². The Balaban J connectivity index is 1.74. The lowest BCUT2D eigenvalue weighted by atomic mass is 10.0. The number of ether oxygens (including phenoxy) is 1. The maximum absolute atomic E-state index is 5.45. The second-order valence-electron chi connectivity index (χ2n) is 5.60. The third kappa shape index (κ3) is 4.23. The fourth-order valence-corrected chi connectivity index (χ4v) is 2.81. The van der Waals surface area contributed by atoms with Gasteiger partial charge in [-0.2, -0.15) is 0 Å². The minimum Gasteiger partial charge on any atom is -0.381 e. The van der Waals surface area contributed by atoms with Crippen LogP contribution in [0.3, 0.4) is 0 Å². The van der Waals surface area contributed by atoms with E-state index in [1.54, 1.807) is 0 Å². The van der Waals surface area contributed by atoms with E-state index in [-0.39, 0.29) is 0 Å². The smallest absolute Gasteiger partial charge is 0.0595 e. The average Bonchev–Trinajstić information content (AvgIpc) is 3.19. The molecule has 0 aromatic heterocycles. The van der Waals surface area contributed by atoms with Crippen molar-refractivity contribution in [3.8, 4) is 0 Å². The van der Waals surface area contributed by atoms with Crippen LogP contribution >= 0.6 is 0 Å². The maximum atomic E-state index is 5.45. The van der Waals surface area contributed by atoms with E-state index in [0.29, 0.717) is 6.10 Å². The molecule has 0 aromatic carbocycles. The van der Waals surface area contributed by atoms with Crippen molar-refractivity contribution in [2.75, 3.05) is 26.7 Å². The molecule has 2 fully saturated rings. The van der Waals surface area contributed by atoms with E-state index in [4.69, 9.17) is 4.74 Å². The van der Waals surface area contributed by atoms with Gasteiger partial charge >= 0.3 is 0 Å². The van der Waals surface area contributed by atoms with Gasteiger partial charge in [-0.05, 0) is 32.1 Å². The van der Waals surface area contributed by atoms with Crippen LogP contribution in [0.25, 0.3) is 0 Å². The van der Waals surface area contributed by atoms with Gasteiger partial charge in [0.25, 0.3) is 0 Å². The molecular weight excluding hydrogens is 212 g/mol. The van der Waals surface area contributed by atoms with Crippen LogP contribution in [0, 0.1) is 0 Å². The van der Waals surface area contributed by atoms with Crippen molar-refractivity contribution < 1.29 is 4.74 Å². The molecule has 17 heavy (non-hydrogen) atoms. The zero-order chi connectivity index (χ0) is 12.1. The van der Waals surface area contributed by atoms with Gasteiger partial charge in [0.2, 0.25) is 0 Å². The Labute approximate surface area is 106 Å². The first-order chi connectivity index (χ1) is 8.33. The summed E-state index contributed by atoms with van der Waals surface area (Å²) in [5, 5.41) is 3.69. The Bertz CT molecular complexity index is 210. The molecule has 1 N–H and O–H groups in total. The van der Waals surface area contributed by atoms with E-state index < -0.39 is 0 Å². The van der Waals surface area contributed by atoms with Crippen molar-refractivity contribution in [2.45, 2.75) is 63.6 Å². The molecule has 0 amide bonds. The molecule has 2 aliphatic rings. The van der Waals surface area contributed by atoms with E-state index in [2.05, 4.69) is 17.1 Å². The number of nitrogens with one attached hydrogen (secondary N) is 1. The molecule has 1 saturated heterocycles. The summed E-state index contributed by atoms with van der Waals surface area (Å²) in [6, 6.07) is 1.59. The number of piperidine rings is 1. The fourth-order valence-electron chi connectivity index (χ4n) is 2.81. The third-order valence-corrected chi connectivity index (χ3v) is 4.17. The van der Waals surface area contributed by atoms with Crippen molar-refractivity contribution in [3.05, 3.63) is 0 Å². The van der Waals surface area contributed by atoms with Crippen molar-refractivity contribution in [2.24, 2.45) is 0 Å². The molecule has 1 aliphatic heterocycles. The highest BCUT2D eigenvalue weighted by atomic mass is 16.5. The first-order valence-corrected chi connectivity index (χ1v) is 7.33. The standard InChI is InChI=1S/C14H28N2O/c1-3-4-13(11-15-12-5-6-12)16-9-7-14(17-2)8-10-16/h12-15H,3-11H2,1-2H3. The number of hydrogen-bond acceptors (Lipinski definition) is 3. The second kappa shape index (κ2) is 6.72. The highest BCUT2D eigenvalue weighted by Gasteiger charge is 2.27. The van der Waals surface area contributed by atoms with E-state index in [1.807, 2.05) is 7.11 Å². The summed E-state index contributed by atoms with van der Waals surface area (Å²) in [6.07, 6.45) is 8.33. The molecule has 0 aromatic rings. The fraction of sp³-hybridized carbons (Fsp3) is 1.00. The summed E-state index contributed by atoms with van der Waals surface area (Å²) in [5.74, 6) is 0. The summed E-state index contributed by atoms with van der Waals surface area (Å²) in [4.78, 5) is 2.68. The van der Waals surface area contributed by atoms with Crippen molar-refractivity contribution in [3.63, 3.8) is 0 Å². The summed E-state index contributed by atoms with van der Waals surface area (Å²) in [5.41, 5.74) is 0. The SMILES string of the molecule is CCCC(CNC1CC1)N1CCC(OC)CC1. The van der Waals surface area contributed by atoms with Crippen LogP contribution in [0.5, 0.6) is 0 Å². The van der Waals surface area contributed by atoms with Gasteiger partial charge in [-0.1, -0.05) is 13.3 Å². The van der Waals surface area contributed by atoms with Gasteiger partial charge < -0.3 is 10.1 Å². The van der Waals surface area contributed by atoms with Gasteiger partial charge in [-0.15, -0.1) is 0 Å². The predicted octanol–water partition coefficient (Wildman–Crippen LogP) is 2.02. The molecule has 1 atom stereocenters. The molecule has 0 bridgehead atoms. The molecule has 1 unspecified atom stereocenters. The number of nitrogens with zero attached hydrogens (tertiary/aromatic N) is 1. The van der Waals surface area contributed by atoms with Gasteiger partial charge in [0, 0.05) is 38.8 Å². The van der Waals surface area contributed by atoms with Crippen LogP contribution in [0.2, 0.25) is 0 Å². The van der Waals surface area contributed by atoms with E-state index in [0.717, 1.165) is 12.1 Å². The van der Waals surface area contributed by atoms with Crippen LogP contribution < -0.4 is 5.32 Å². The summed E-state index contributed by atoms with van der Waals surface area (Å²) >= 11 is 0. The number of methoxy groups -OCH3 is 1. The largest absolute Gasteiger partial charge is 0.381 e. The summed E-state index contributed by atoms with van der Waals surface area (Å²) < 4.78 is 5.45. The lowest BCUT2D eigenvalue weighted by Gasteiger charge is -2.37. The monoisotopic (exact) mass is 240 g/mol. The Morgan fingerprint density at radius 2 is 1.94 bits per heavy atom. The zero-order valence-corrected chi connectivity index (χ0v) is 11.5. The van der Waals surface area contributed by atoms with E-state index in [9.17, 15) is 0 Å². The molecule has 3 heteroatoms. The summed E-state index contributed by atoms with van der Waals surface area (Å²) in [7, 11) is 1.85. The number of rotatable bonds is 7. The molecule has 0 spiro atoms. The van der Waals surface area contributed by atoms with Gasteiger partial charge in [-0.25, -0.2) is 0 Å². The van der Waals surface area contributed by atoms with Crippen LogP contribution in [-0.4, -0.2) is 49.8 Å². The highest BCUT2D eigenvalue weighted by molar-refractivity contribution is 4.85. The van der Waals surface area contributed by atoms with Gasteiger partial charge in [0.1, 0.15) is 0 Å². The molecule has 100 valence electrons. The average molecular weight is 240 g/mol. The molecule has 3 nitrogen and oxygen atoms in total. The zero-order valence-electron chi connectivity index (χ0n) is 11.5. The number of likely N-dealkylation sites (tertiary alicyclic amines) is 1. The normalized spacial score (nSPS) is 25.1. The first-order valence-electron chi connectivity index (χ1n) is 7.33. The summed E-state index contributed by atoms with van der Waals surface area (Å²) in [6.45, 7) is 5.92. The minimum absolute atomic E-state index is 0.505. The Kier molecular flexibility index (Phi) is 5.26. The quantitative estimate of drug-likeness (QED) is 0.737. The molecule has 1 saturated carbocycles. The molecular formula is C14H28N2O. The topological polar surface area (TPSA) is 24.5 Å². The highest BCUT2D eigenvalue weighted by Crippen LogP contribution is 2.21. The van der Waals surface area contributed by atoms with Crippen LogP contribution in [0.4, 0.5) is 0 Å². The van der Waals surface area contributed by atoms with Crippen molar-refractivity contribution in [1.29, 1.82) is 0 Å². The van der Waals surface area contributed by atoms with Crippen LogP contribution in [-0.2, 0) is 4.74 Å². The molecule has 0 radical (unpaired) electrons. The van der Waals surface area contributed by atoms with E-state index in [1.165, 1.54) is 58.2 Å². The molecule has 1 heterocycles. The Morgan fingerprint density at radius 3 is 2.47 bits per heavy atom. The third-order valence-electron chi connectivity index (χ3n) is 4.17. The Hall–Kier alpha value is -0.120. The number of hydrogen-bond donors (Lipinski definition) is 1. The van der Waals surface area contributed by atoms with Crippen LogP contribution in [0.1, 0.15) is 45.4 Å². The molecule has 1 aliphatic carbocycles. The van der Waals surface area contributed by atoms with Crippen molar-refractivity contribution in [1.82, 2.24) is 10.2 Å². The van der Waals surface area contributed by atoms with Gasteiger partial charge in [0.05, 0.1) is 6.10 Å². The van der Waals surface area contributed by atoms with E-state index >= 15 is 0 Å². The lowest BCUT2D eigenvalue weighted by molar-refractivity contribution is 0.0256. The Morgan fingerprint density at radius 1 is 1.24 bits per heavy atom. The lowest BCUT2D eigenvalue weighted by Crippen LogP contribution is -2.47. The maximum Gasteiger partial charge on any atom is 0.0595 e. The minimum atomic E-state index is 0.505. The molecule has 2 rings (SSSR count). The second-order valence-corrected chi connectivity index (χ2v) is 5.60.